The SMILES string of the molecule is CO[C@H]1CNCC1NC(C)C. The van der Waals surface area contributed by atoms with Gasteiger partial charge < -0.3 is 15.4 Å². The summed E-state index contributed by atoms with van der Waals surface area (Å²) in [4.78, 5) is 0. The monoisotopic (exact) mass is 158 g/mol. The Balaban J connectivity index is 2.31. The molecule has 1 heterocycles. The molecule has 0 spiro atoms. The van der Waals surface area contributed by atoms with Crippen molar-refractivity contribution in [2.75, 3.05) is 20.2 Å². The predicted octanol–water partition coefficient (Wildman–Crippen LogP) is -0.0288. The molecule has 1 aliphatic heterocycles. The van der Waals surface area contributed by atoms with E-state index in [9.17, 15) is 0 Å². The third-order valence-electron chi connectivity index (χ3n) is 2.01. The lowest BCUT2D eigenvalue weighted by Gasteiger charge is -2.20. The summed E-state index contributed by atoms with van der Waals surface area (Å²) in [6.07, 6.45) is 0.345. The molecule has 1 rings (SSSR count). The fraction of sp³-hybridized carbons (Fsp3) is 1.00. The smallest absolute Gasteiger partial charge is 0.0860 e. The van der Waals surface area contributed by atoms with Gasteiger partial charge in [0.05, 0.1) is 6.10 Å². The highest BCUT2D eigenvalue weighted by Gasteiger charge is 2.26. The summed E-state index contributed by atoms with van der Waals surface area (Å²) in [5.41, 5.74) is 0. The van der Waals surface area contributed by atoms with Crippen molar-refractivity contribution in [3.63, 3.8) is 0 Å². The van der Waals surface area contributed by atoms with Gasteiger partial charge in [-0.1, -0.05) is 13.8 Å². The van der Waals surface area contributed by atoms with E-state index in [2.05, 4.69) is 24.5 Å². The van der Waals surface area contributed by atoms with Crippen LogP contribution < -0.4 is 10.6 Å². The van der Waals surface area contributed by atoms with Crippen molar-refractivity contribution in [2.24, 2.45) is 0 Å². The van der Waals surface area contributed by atoms with Crippen LogP contribution in [0.4, 0.5) is 0 Å². The lowest BCUT2D eigenvalue weighted by molar-refractivity contribution is 0.0938. The minimum atomic E-state index is 0.345. The number of hydrogen-bond donors (Lipinski definition) is 2. The molecular formula is C8H18N2O. The van der Waals surface area contributed by atoms with Crippen LogP contribution in [0.1, 0.15) is 13.8 Å². The molecule has 3 heteroatoms. The van der Waals surface area contributed by atoms with Crippen molar-refractivity contribution in [3.05, 3.63) is 0 Å². The van der Waals surface area contributed by atoms with Gasteiger partial charge in [0.2, 0.25) is 0 Å². The van der Waals surface area contributed by atoms with Gasteiger partial charge in [0.1, 0.15) is 0 Å². The summed E-state index contributed by atoms with van der Waals surface area (Å²) in [6.45, 7) is 6.31. The molecule has 3 nitrogen and oxygen atoms in total. The first-order chi connectivity index (χ1) is 5.24. The maximum atomic E-state index is 5.30. The van der Waals surface area contributed by atoms with Crippen LogP contribution >= 0.6 is 0 Å². The minimum Gasteiger partial charge on any atom is -0.378 e. The number of rotatable bonds is 3. The Kier molecular flexibility index (Phi) is 3.30. The van der Waals surface area contributed by atoms with Gasteiger partial charge in [0.15, 0.2) is 0 Å². The molecule has 2 N–H and O–H groups in total. The molecule has 0 aromatic heterocycles. The minimum absolute atomic E-state index is 0.345. The Hall–Kier alpha value is -0.120. The van der Waals surface area contributed by atoms with E-state index in [1.54, 1.807) is 7.11 Å². The molecule has 66 valence electrons. The van der Waals surface area contributed by atoms with E-state index in [1.165, 1.54) is 0 Å². The molecule has 1 saturated heterocycles. The predicted molar refractivity (Wildman–Crippen MR) is 45.7 cm³/mol. The summed E-state index contributed by atoms with van der Waals surface area (Å²) in [5, 5.41) is 6.75. The van der Waals surface area contributed by atoms with Gasteiger partial charge in [-0.2, -0.15) is 0 Å². The second-order valence-electron chi connectivity index (χ2n) is 3.36. The van der Waals surface area contributed by atoms with Crippen molar-refractivity contribution in [1.82, 2.24) is 10.6 Å². The van der Waals surface area contributed by atoms with Crippen LogP contribution in [0.25, 0.3) is 0 Å². The van der Waals surface area contributed by atoms with Crippen molar-refractivity contribution in [1.29, 1.82) is 0 Å². The van der Waals surface area contributed by atoms with Gasteiger partial charge in [-0.3, -0.25) is 0 Å². The summed E-state index contributed by atoms with van der Waals surface area (Å²) >= 11 is 0. The molecular weight excluding hydrogens is 140 g/mol. The molecule has 0 bridgehead atoms. The molecule has 0 saturated carbocycles. The van der Waals surface area contributed by atoms with Gasteiger partial charge in [0.25, 0.3) is 0 Å². The summed E-state index contributed by atoms with van der Waals surface area (Å²) in [6, 6.07) is 1.03. The Bertz CT molecular complexity index is 117. The molecule has 0 aromatic carbocycles. The fourth-order valence-corrected chi connectivity index (χ4v) is 1.50. The van der Waals surface area contributed by atoms with E-state index in [4.69, 9.17) is 4.74 Å². The van der Waals surface area contributed by atoms with Gasteiger partial charge in [-0.05, 0) is 0 Å². The second-order valence-corrected chi connectivity index (χ2v) is 3.36. The summed E-state index contributed by atoms with van der Waals surface area (Å²) in [7, 11) is 1.77. The van der Waals surface area contributed by atoms with E-state index < -0.39 is 0 Å². The standard InChI is InChI=1S/C8H18N2O/c1-6(2)10-7-4-9-5-8(7)11-3/h6-10H,4-5H2,1-3H3/t7?,8-/m0/s1. The zero-order valence-electron chi connectivity index (χ0n) is 7.55. The Morgan fingerprint density at radius 2 is 2.18 bits per heavy atom. The van der Waals surface area contributed by atoms with Crippen LogP contribution in [-0.2, 0) is 4.74 Å². The molecule has 1 aliphatic rings. The molecule has 0 aromatic rings. The molecule has 1 unspecified atom stereocenters. The van der Waals surface area contributed by atoms with E-state index in [1.807, 2.05) is 0 Å². The lowest BCUT2D eigenvalue weighted by Crippen LogP contribution is -2.43. The van der Waals surface area contributed by atoms with Crippen LogP contribution in [-0.4, -0.2) is 38.4 Å². The van der Waals surface area contributed by atoms with Crippen molar-refractivity contribution < 1.29 is 4.74 Å². The largest absolute Gasteiger partial charge is 0.378 e. The van der Waals surface area contributed by atoms with E-state index in [-0.39, 0.29) is 0 Å². The fourth-order valence-electron chi connectivity index (χ4n) is 1.50. The van der Waals surface area contributed by atoms with Crippen molar-refractivity contribution >= 4 is 0 Å². The highest BCUT2D eigenvalue weighted by Crippen LogP contribution is 2.04. The van der Waals surface area contributed by atoms with Crippen molar-refractivity contribution in [3.8, 4) is 0 Å². The van der Waals surface area contributed by atoms with Crippen LogP contribution in [0.2, 0.25) is 0 Å². The normalized spacial score (nSPS) is 31.6. The molecule has 1 fully saturated rings. The molecule has 2 atom stereocenters. The van der Waals surface area contributed by atoms with Crippen molar-refractivity contribution in [2.45, 2.75) is 32.0 Å². The van der Waals surface area contributed by atoms with Crippen LogP contribution in [0.15, 0.2) is 0 Å². The van der Waals surface area contributed by atoms with Crippen LogP contribution in [0, 0.1) is 0 Å². The molecule has 0 radical (unpaired) electrons. The maximum absolute atomic E-state index is 5.30. The number of nitrogens with one attached hydrogen (secondary N) is 2. The average molecular weight is 158 g/mol. The highest BCUT2D eigenvalue weighted by molar-refractivity contribution is 4.88. The molecule has 0 aliphatic carbocycles. The number of methoxy groups -OCH3 is 1. The number of ether oxygens (including phenoxy) is 1. The highest BCUT2D eigenvalue weighted by atomic mass is 16.5. The summed E-state index contributed by atoms with van der Waals surface area (Å²) in [5.74, 6) is 0. The van der Waals surface area contributed by atoms with Gasteiger partial charge in [-0.15, -0.1) is 0 Å². The second kappa shape index (κ2) is 4.04. The quantitative estimate of drug-likeness (QED) is 0.605. The van der Waals surface area contributed by atoms with Gasteiger partial charge in [0, 0.05) is 32.3 Å². The average Bonchev–Trinajstić information content (AvgIpc) is 2.34. The third kappa shape index (κ3) is 2.43. The topological polar surface area (TPSA) is 33.3 Å². The summed E-state index contributed by atoms with van der Waals surface area (Å²) < 4.78 is 5.30. The molecule has 11 heavy (non-hydrogen) atoms. The van der Waals surface area contributed by atoms with Gasteiger partial charge in [-0.25, -0.2) is 0 Å². The molecule has 0 amide bonds. The Morgan fingerprint density at radius 3 is 2.73 bits per heavy atom. The first kappa shape index (κ1) is 8.97. The van der Waals surface area contributed by atoms with E-state index >= 15 is 0 Å². The Morgan fingerprint density at radius 1 is 1.45 bits per heavy atom. The van der Waals surface area contributed by atoms with Crippen LogP contribution in [0.3, 0.4) is 0 Å². The first-order valence-electron chi connectivity index (χ1n) is 4.23. The van der Waals surface area contributed by atoms with E-state index in [0.717, 1.165) is 13.1 Å². The lowest BCUT2D eigenvalue weighted by atomic mass is 10.2. The third-order valence-corrected chi connectivity index (χ3v) is 2.01. The Labute approximate surface area is 68.5 Å². The van der Waals surface area contributed by atoms with Gasteiger partial charge >= 0.3 is 0 Å². The maximum Gasteiger partial charge on any atom is 0.0860 e. The zero-order valence-corrected chi connectivity index (χ0v) is 7.55. The number of hydrogen-bond acceptors (Lipinski definition) is 3. The first-order valence-corrected chi connectivity index (χ1v) is 4.23. The van der Waals surface area contributed by atoms with E-state index in [0.29, 0.717) is 18.2 Å². The zero-order chi connectivity index (χ0) is 8.27. The van der Waals surface area contributed by atoms with Crippen LogP contribution in [0.5, 0.6) is 0 Å².